The van der Waals surface area contributed by atoms with Crippen LogP contribution in [0.5, 0.6) is 0 Å². The Morgan fingerprint density at radius 1 is 0.900 bits per heavy atom. The molecule has 0 heterocycles. The van der Waals surface area contributed by atoms with Crippen molar-refractivity contribution in [3.8, 4) is 0 Å². The third-order valence-electron chi connectivity index (χ3n) is 6.09. The van der Waals surface area contributed by atoms with Gasteiger partial charge in [0, 0.05) is 11.5 Å². The fourth-order valence-corrected chi connectivity index (χ4v) is 5.30. The van der Waals surface area contributed by atoms with Gasteiger partial charge in [-0.25, -0.2) is 0 Å². The molecular weight excluding hydrogens is 244 g/mol. The molecule has 3 aliphatic rings. The third kappa shape index (κ3) is 1.31. The van der Waals surface area contributed by atoms with Crippen LogP contribution in [0.2, 0.25) is 0 Å². The van der Waals surface area contributed by atoms with Crippen LogP contribution in [0.25, 0.3) is 10.8 Å². The second-order valence-electron chi connectivity index (χ2n) is 6.90. The zero-order chi connectivity index (χ0) is 13.3. The number of rotatable bonds is 2. The van der Waals surface area contributed by atoms with Crippen LogP contribution in [0.3, 0.4) is 0 Å². The summed E-state index contributed by atoms with van der Waals surface area (Å²) in [5.74, 6) is 3.99. The van der Waals surface area contributed by atoms with Crippen molar-refractivity contribution in [1.82, 2.24) is 0 Å². The van der Waals surface area contributed by atoms with E-state index >= 15 is 0 Å². The SMILES string of the molecule is O=C(c1cccc2ccccc12)C1C2C3CCC(C3)C12. The summed E-state index contributed by atoms with van der Waals surface area (Å²) in [7, 11) is 0. The minimum atomic E-state index is 0.354. The van der Waals surface area contributed by atoms with E-state index in [2.05, 4.69) is 18.2 Å². The predicted octanol–water partition coefficient (Wildman–Crippen LogP) is 4.31. The van der Waals surface area contributed by atoms with Gasteiger partial charge in [0.15, 0.2) is 5.78 Å². The second kappa shape index (κ2) is 3.72. The fraction of sp³-hybridized carbons (Fsp3) is 0.421. The largest absolute Gasteiger partial charge is 0.294 e. The summed E-state index contributed by atoms with van der Waals surface area (Å²) in [6.07, 6.45) is 4.17. The van der Waals surface area contributed by atoms with Gasteiger partial charge in [-0.3, -0.25) is 4.79 Å². The van der Waals surface area contributed by atoms with E-state index in [1.54, 1.807) is 0 Å². The molecule has 4 atom stereocenters. The first-order valence-electron chi connectivity index (χ1n) is 7.86. The minimum Gasteiger partial charge on any atom is -0.294 e. The zero-order valence-electron chi connectivity index (χ0n) is 11.5. The zero-order valence-corrected chi connectivity index (χ0v) is 11.5. The standard InChI is InChI=1S/C19H18O/c20-19(18-16-12-8-9-13(10-12)17(16)18)15-7-3-5-11-4-1-2-6-14(11)15/h1-7,12-13,16-18H,8-10H2. The predicted molar refractivity (Wildman–Crippen MR) is 79.6 cm³/mol. The van der Waals surface area contributed by atoms with Crippen molar-refractivity contribution in [1.29, 1.82) is 0 Å². The molecule has 0 spiro atoms. The van der Waals surface area contributed by atoms with Gasteiger partial charge in [-0.05, 0) is 53.7 Å². The summed E-state index contributed by atoms with van der Waals surface area (Å²) in [5, 5.41) is 2.32. The molecule has 2 aromatic rings. The van der Waals surface area contributed by atoms with Gasteiger partial charge in [-0.1, -0.05) is 42.5 Å². The summed E-state index contributed by atoms with van der Waals surface area (Å²) in [5.41, 5.74) is 0.960. The van der Waals surface area contributed by atoms with E-state index in [9.17, 15) is 4.79 Å². The topological polar surface area (TPSA) is 17.1 Å². The summed E-state index contributed by atoms with van der Waals surface area (Å²) in [6.45, 7) is 0. The smallest absolute Gasteiger partial charge is 0.167 e. The Hall–Kier alpha value is -1.63. The van der Waals surface area contributed by atoms with Crippen molar-refractivity contribution in [2.24, 2.45) is 29.6 Å². The molecule has 1 nitrogen and oxygen atoms in total. The second-order valence-corrected chi connectivity index (χ2v) is 6.90. The molecule has 20 heavy (non-hydrogen) atoms. The van der Waals surface area contributed by atoms with Gasteiger partial charge in [0.25, 0.3) is 0 Å². The van der Waals surface area contributed by atoms with Gasteiger partial charge in [-0.2, -0.15) is 0 Å². The van der Waals surface area contributed by atoms with Crippen LogP contribution in [0, 0.1) is 29.6 Å². The van der Waals surface area contributed by atoms with E-state index in [1.807, 2.05) is 24.3 Å². The van der Waals surface area contributed by atoms with Crippen molar-refractivity contribution >= 4 is 16.6 Å². The fourth-order valence-electron chi connectivity index (χ4n) is 5.30. The summed E-state index contributed by atoms with van der Waals surface area (Å²) in [6, 6.07) is 14.4. The van der Waals surface area contributed by atoms with Crippen molar-refractivity contribution in [2.45, 2.75) is 19.3 Å². The maximum Gasteiger partial charge on any atom is 0.167 e. The number of Topliss-reactive ketones (excluding diaryl/α,β-unsaturated/α-hetero) is 1. The third-order valence-corrected chi connectivity index (χ3v) is 6.09. The van der Waals surface area contributed by atoms with Crippen LogP contribution < -0.4 is 0 Å². The monoisotopic (exact) mass is 262 g/mol. The summed E-state index contributed by atoms with van der Waals surface area (Å²) >= 11 is 0. The molecule has 100 valence electrons. The van der Waals surface area contributed by atoms with E-state index in [1.165, 1.54) is 24.6 Å². The highest BCUT2D eigenvalue weighted by molar-refractivity contribution is 6.10. The molecule has 0 N–H and O–H groups in total. The van der Waals surface area contributed by atoms with E-state index in [0.717, 1.165) is 34.6 Å². The number of hydrogen-bond acceptors (Lipinski definition) is 1. The quantitative estimate of drug-likeness (QED) is 0.737. The van der Waals surface area contributed by atoms with E-state index in [-0.39, 0.29) is 0 Å². The number of hydrogen-bond donors (Lipinski definition) is 0. The molecule has 0 radical (unpaired) electrons. The lowest BCUT2D eigenvalue weighted by molar-refractivity contribution is 0.0946. The molecule has 0 saturated heterocycles. The van der Waals surface area contributed by atoms with Crippen LogP contribution in [0.1, 0.15) is 29.6 Å². The molecule has 2 bridgehead atoms. The molecule has 2 aromatic carbocycles. The van der Waals surface area contributed by atoms with Gasteiger partial charge in [0.2, 0.25) is 0 Å². The number of carbonyl (C=O) groups excluding carboxylic acids is 1. The van der Waals surface area contributed by atoms with E-state index in [4.69, 9.17) is 0 Å². The first-order valence-corrected chi connectivity index (χ1v) is 7.86. The van der Waals surface area contributed by atoms with Crippen LogP contribution >= 0.6 is 0 Å². The number of fused-ring (bicyclic) bond motifs is 6. The van der Waals surface area contributed by atoms with Crippen LogP contribution in [-0.2, 0) is 0 Å². The molecule has 5 rings (SSSR count). The lowest BCUT2D eigenvalue weighted by Gasteiger charge is -2.10. The van der Waals surface area contributed by atoms with Gasteiger partial charge in [0.05, 0.1) is 0 Å². The van der Waals surface area contributed by atoms with Gasteiger partial charge in [-0.15, -0.1) is 0 Å². The highest BCUT2D eigenvalue weighted by atomic mass is 16.1. The molecule has 1 heteroatoms. The Morgan fingerprint density at radius 3 is 2.40 bits per heavy atom. The van der Waals surface area contributed by atoms with Gasteiger partial charge >= 0.3 is 0 Å². The first-order chi connectivity index (χ1) is 9.84. The molecule has 0 amide bonds. The lowest BCUT2D eigenvalue weighted by atomic mass is 9.93. The lowest BCUT2D eigenvalue weighted by Crippen LogP contribution is -2.10. The Balaban J connectivity index is 1.55. The Kier molecular flexibility index (Phi) is 2.06. The number of benzene rings is 2. The maximum absolute atomic E-state index is 13.0. The molecule has 0 aliphatic heterocycles. The summed E-state index contributed by atoms with van der Waals surface area (Å²) in [4.78, 5) is 13.0. The van der Waals surface area contributed by atoms with Crippen molar-refractivity contribution in [2.75, 3.05) is 0 Å². The van der Waals surface area contributed by atoms with Gasteiger partial charge in [0.1, 0.15) is 0 Å². The highest BCUT2D eigenvalue weighted by Crippen LogP contribution is 2.70. The molecule has 3 saturated carbocycles. The molecule has 3 fully saturated rings. The van der Waals surface area contributed by atoms with E-state index in [0.29, 0.717) is 11.7 Å². The van der Waals surface area contributed by atoms with Crippen molar-refractivity contribution in [3.05, 3.63) is 48.0 Å². The van der Waals surface area contributed by atoms with Crippen molar-refractivity contribution < 1.29 is 4.79 Å². The molecule has 0 aromatic heterocycles. The average Bonchev–Trinajstić information content (AvgIpc) is 2.93. The highest BCUT2D eigenvalue weighted by Gasteiger charge is 2.67. The maximum atomic E-state index is 13.0. The Bertz CT molecular complexity index is 695. The normalized spacial score (nSPS) is 37.1. The number of carbonyl (C=O) groups is 1. The van der Waals surface area contributed by atoms with E-state index < -0.39 is 0 Å². The van der Waals surface area contributed by atoms with Gasteiger partial charge < -0.3 is 0 Å². The Labute approximate surface area is 119 Å². The number of ketones is 1. The van der Waals surface area contributed by atoms with Crippen LogP contribution in [-0.4, -0.2) is 5.78 Å². The molecular formula is C19H18O. The summed E-state index contributed by atoms with van der Waals surface area (Å²) < 4.78 is 0. The molecule has 4 unspecified atom stereocenters. The first kappa shape index (κ1) is 11.1. The minimum absolute atomic E-state index is 0.354. The van der Waals surface area contributed by atoms with Crippen molar-refractivity contribution in [3.63, 3.8) is 0 Å². The Morgan fingerprint density at radius 2 is 1.60 bits per heavy atom. The molecule has 3 aliphatic carbocycles. The average molecular weight is 262 g/mol. The van der Waals surface area contributed by atoms with Crippen LogP contribution in [0.15, 0.2) is 42.5 Å². The van der Waals surface area contributed by atoms with Crippen LogP contribution in [0.4, 0.5) is 0 Å².